The first-order valence-corrected chi connectivity index (χ1v) is 5.53. The van der Waals surface area contributed by atoms with Crippen LogP contribution in [0.15, 0.2) is 24.3 Å². The van der Waals surface area contributed by atoms with Gasteiger partial charge < -0.3 is 5.11 Å². The summed E-state index contributed by atoms with van der Waals surface area (Å²) in [7, 11) is 0. The van der Waals surface area contributed by atoms with E-state index in [0.717, 1.165) is 6.42 Å². The standard InChI is InChI=1S/C13H19FO/c1-4-10(3)13(15,5-2)11-7-6-8-12(14)9-11/h6-10,15H,4-5H2,1-3H3. The van der Waals surface area contributed by atoms with Crippen molar-refractivity contribution in [3.8, 4) is 0 Å². The van der Waals surface area contributed by atoms with Gasteiger partial charge in [0.2, 0.25) is 0 Å². The number of benzene rings is 1. The van der Waals surface area contributed by atoms with Crippen LogP contribution in [0.1, 0.15) is 39.2 Å². The topological polar surface area (TPSA) is 20.2 Å². The highest BCUT2D eigenvalue weighted by atomic mass is 19.1. The van der Waals surface area contributed by atoms with Gasteiger partial charge in [-0.05, 0) is 30.0 Å². The molecule has 0 aliphatic rings. The SMILES string of the molecule is CCC(C)C(O)(CC)c1cccc(F)c1. The molecule has 2 heteroatoms. The maximum atomic E-state index is 13.1. The van der Waals surface area contributed by atoms with Gasteiger partial charge in [0.15, 0.2) is 0 Å². The Morgan fingerprint density at radius 3 is 2.53 bits per heavy atom. The average molecular weight is 210 g/mol. The van der Waals surface area contributed by atoms with Crippen LogP contribution in [0.4, 0.5) is 4.39 Å². The summed E-state index contributed by atoms with van der Waals surface area (Å²) in [6, 6.07) is 6.26. The van der Waals surface area contributed by atoms with E-state index in [9.17, 15) is 9.50 Å². The van der Waals surface area contributed by atoms with Gasteiger partial charge in [0, 0.05) is 0 Å². The van der Waals surface area contributed by atoms with Gasteiger partial charge in [0.25, 0.3) is 0 Å². The van der Waals surface area contributed by atoms with Crippen LogP contribution < -0.4 is 0 Å². The van der Waals surface area contributed by atoms with Crippen LogP contribution in [0, 0.1) is 11.7 Å². The van der Waals surface area contributed by atoms with E-state index in [4.69, 9.17) is 0 Å². The third-order valence-corrected chi connectivity index (χ3v) is 3.29. The Morgan fingerprint density at radius 2 is 2.07 bits per heavy atom. The highest BCUT2D eigenvalue weighted by Gasteiger charge is 2.32. The Labute approximate surface area is 90.9 Å². The van der Waals surface area contributed by atoms with E-state index in [-0.39, 0.29) is 11.7 Å². The lowest BCUT2D eigenvalue weighted by Crippen LogP contribution is -2.32. The van der Waals surface area contributed by atoms with E-state index in [0.29, 0.717) is 12.0 Å². The minimum absolute atomic E-state index is 0.129. The van der Waals surface area contributed by atoms with Crippen molar-refractivity contribution in [2.75, 3.05) is 0 Å². The van der Waals surface area contributed by atoms with Crippen molar-refractivity contribution < 1.29 is 9.50 Å². The molecule has 0 bridgehead atoms. The average Bonchev–Trinajstić information content (AvgIpc) is 2.26. The van der Waals surface area contributed by atoms with E-state index in [1.54, 1.807) is 12.1 Å². The summed E-state index contributed by atoms with van der Waals surface area (Å²) >= 11 is 0. The first-order chi connectivity index (χ1) is 7.04. The summed E-state index contributed by atoms with van der Waals surface area (Å²) in [6.07, 6.45) is 1.48. The fourth-order valence-electron chi connectivity index (χ4n) is 1.93. The van der Waals surface area contributed by atoms with Crippen molar-refractivity contribution >= 4 is 0 Å². The fourth-order valence-corrected chi connectivity index (χ4v) is 1.93. The zero-order valence-electron chi connectivity index (χ0n) is 9.63. The molecule has 0 saturated heterocycles. The monoisotopic (exact) mass is 210 g/mol. The second kappa shape index (κ2) is 4.75. The second-order valence-corrected chi connectivity index (χ2v) is 4.10. The molecule has 0 fully saturated rings. The van der Waals surface area contributed by atoms with Gasteiger partial charge in [-0.25, -0.2) is 4.39 Å². The Kier molecular flexibility index (Phi) is 3.86. The van der Waals surface area contributed by atoms with Crippen molar-refractivity contribution in [2.24, 2.45) is 5.92 Å². The van der Waals surface area contributed by atoms with E-state index in [2.05, 4.69) is 0 Å². The first kappa shape index (κ1) is 12.2. The zero-order chi connectivity index (χ0) is 11.5. The number of rotatable bonds is 4. The smallest absolute Gasteiger partial charge is 0.123 e. The molecular weight excluding hydrogens is 191 g/mol. The predicted octanol–water partition coefficient (Wildman–Crippen LogP) is 3.47. The van der Waals surface area contributed by atoms with Crippen LogP contribution >= 0.6 is 0 Å². The summed E-state index contributed by atoms with van der Waals surface area (Å²) in [4.78, 5) is 0. The van der Waals surface area contributed by atoms with Crippen molar-refractivity contribution in [3.05, 3.63) is 35.6 Å². The molecule has 0 spiro atoms. The summed E-state index contributed by atoms with van der Waals surface area (Å²) in [5.74, 6) is -0.160. The van der Waals surface area contributed by atoms with Crippen LogP contribution in [0.3, 0.4) is 0 Å². The number of aliphatic hydroxyl groups is 1. The van der Waals surface area contributed by atoms with Gasteiger partial charge >= 0.3 is 0 Å². The van der Waals surface area contributed by atoms with Gasteiger partial charge in [-0.1, -0.05) is 39.3 Å². The maximum Gasteiger partial charge on any atom is 0.123 e. The Morgan fingerprint density at radius 1 is 1.40 bits per heavy atom. The van der Waals surface area contributed by atoms with Crippen LogP contribution in [-0.4, -0.2) is 5.11 Å². The van der Waals surface area contributed by atoms with Gasteiger partial charge in [0.1, 0.15) is 5.82 Å². The molecule has 84 valence electrons. The van der Waals surface area contributed by atoms with Crippen LogP contribution in [-0.2, 0) is 5.60 Å². The number of hydrogen-bond donors (Lipinski definition) is 1. The minimum atomic E-state index is -0.906. The molecule has 2 atom stereocenters. The van der Waals surface area contributed by atoms with Crippen molar-refractivity contribution in [1.82, 2.24) is 0 Å². The molecule has 0 aliphatic heterocycles. The van der Waals surface area contributed by atoms with Crippen LogP contribution in [0.25, 0.3) is 0 Å². The molecule has 0 amide bonds. The normalized spacial score (nSPS) is 17.1. The van der Waals surface area contributed by atoms with E-state index in [1.165, 1.54) is 12.1 Å². The van der Waals surface area contributed by atoms with E-state index in [1.807, 2.05) is 20.8 Å². The molecule has 15 heavy (non-hydrogen) atoms. The van der Waals surface area contributed by atoms with Crippen molar-refractivity contribution in [2.45, 2.75) is 39.2 Å². The predicted molar refractivity (Wildman–Crippen MR) is 60.0 cm³/mol. The molecule has 1 N–H and O–H groups in total. The summed E-state index contributed by atoms with van der Waals surface area (Å²) in [5, 5.41) is 10.5. The zero-order valence-corrected chi connectivity index (χ0v) is 9.63. The van der Waals surface area contributed by atoms with Gasteiger partial charge in [-0.3, -0.25) is 0 Å². The Hall–Kier alpha value is -0.890. The highest BCUT2D eigenvalue weighted by molar-refractivity contribution is 5.23. The minimum Gasteiger partial charge on any atom is -0.385 e. The molecular formula is C13H19FO. The largest absolute Gasteiger partial charge is 0.385 e. The maximum absolute atomic E-state index is 13.1. The molecule has 0 heterocycles. The molecule has 0 saturated carbocycles. The molecule has 1 rings (SSSR count). The molecule has 0 radical (unpaired) electrons. The summed E-state index contributed by atoms with van der Waals surface area (Å²) in [5.41, 5.74) is -0.226. The molecule has 0 aromatic heterocycles. The van der Waals surface area contributed by atoms with Crippen molar-refractivity contribution in [3.63, 3.8) is 0 Å². The van der Waals surface area contributed by atoms with Gasteiger partial charge in [-0.15, -0.1) is 0 Å². The molecule has 1 aromatic rings. The Bertz CT molecular complexity index is 324. The molecule has 0 aliphatic carbocycles. The van der Waals surface area contributed by atoms with E-state index < -0.39 is 5.60 Å². The highest BCUT2D eigenvalue weighted by Crippen LogP contribution is 2.34. The lowest BCUT2D eigenvalue weighted by Gasteiger charge is -2.33. The third-order valence-electron chi connectivity index (χ3n) is 3.29. The number of hydrogen-bond acceptors (Lipinski definition) is 1. The van der Waals surface area contributed by atoms with Crippen molar-refractivity contribution in [1.29, 1.82) is 0 Å². The fraction of sp³-hybridized carbons (Fsp3) is 0.538. The van der Waals surface area contributed by atoms with Crippen LogP contribution in [0.2, 0.25) is 0 Å². The summed E-state index contributed by atoms with van der Waals surface area (Å²) < 4.78 is 13.1. The number of halogens is 1. The second-order valence-electron chi connectivity index (χ2n) is 4.10. The molecule has 2 unspecified atom stereocenters. The Balaban J connectivity index is 3.10. The lowest BCUT2D eigenvalue weighted by molar-refractivity contribution is -0.0227. The first-order valence-electron chi connectivity index (χ1n) is 5.53. The van der Waals surface area contributed by atoms with Crippen LogP contribution in [0.5, 0.6) is 0 Å². The summed E-state index contributed by atoms with van der Waals surface area (Å²) in [6.45, 7) is 5.95. The lowest BCUT2D eigenvalue weighted by atomic mass is 9.79. The van der Waals surface area contributed by atoms with Gasteiger partial charge in [-0.2, -0.15) is 0 Å². The molecule has 1 aromatic carbocycles. The molecule has 1 nitrogen and oxygen atoms in total. The quantitative estimate of drug-likeness (QED) is 0.806. The van der Waals surface area contributed by atoms with E-state index >= 15 is 0 Å². The third kappa shape index (κ3) is 2.37. The van der Waals surface area contributed by atoms with Gasteiger partial charge in [0.05, 0.1) is 5.60 Å².